The van der Waals surface area contributed by atoms with E-state index in [9.17, 15) is 0 Å². The molecule has 3 heterocycles. The average Bonchev–Trinajstić information content (AvgIpc) is 3.46. The SMILES string of the molecule is CCNC(=NCCc1nc(-c2cccc(Cl)c2)no1)N1CCC(c2ncn[nH]2)CC1. The second-order valence-electron chi connectivity index (χ2n) is 7.14. The summed E-state index contributed by atoms with van der Waals surface area (Å²) < 4.78 is 5.38. The molecule has 9 nitrogen and oxygen atoms in total. The molecule has 2 N–H and O–H groups in total. The fourth-order valence-electron chi connectivity index (χ4n) is 3.56. The third kappa shape index (κ3) is 4.96. The first-order valence-corrected chi connectivity index (χ1v) is 10.6. The zero-order chi connectivity index (χ0) is 20.8. The van der Waals surface area contributed by atoms with Crippen molar-refractivity contribution in [3.8, 4) is 11.4 Å². The molecular formula is C20H25ClN8O. The summed E-state index contributed by atoms with van der Waals surface area (Å²) in [6.45, 7) is 5.32. The Bertz CT molecular complexity index is 963. The Morgan fingerprint density at radius 3 is 2.97 bits per heavy atom. The number of aliphatic imine (C=N–C) groups is 1. The molecule has 0 bridgehead atoms. The largest absolute Gasteiger partial charge is 0.357 e. The molecule has 0 unspecified atom stereocenters. The summed E-state index contributed by atoms with van der Waals surface area (Å²) in [7, 11) is 0. The van der Waals surface area contributed by atoms with E-state index in [0.717, 1.165) is 49.8 Å². The van der Waals surface area contributed by atoms with Crippen molar-refractivity contribution < 1.29 is 4.52 Å². The molecule has 10 heteroatoms. The Kier molecular flexibility index (Phi) is 6.58. The number of piperidine rings is 1. The van der Waals surface area contributed by atoms with Gasteiger partial charge in [0, 0.05) is 42.6 Å². The van der Waals surface area contributed by atoms with E-state index < -0.39 is 0 Å². The normalized spacial score (nSPS) is 15.5. The molecule has 1 fully saturated rings. The summed E-state index contributed by atoms with van der Waals surface area (Å²) >= 11 is 6.04. The fraction of sp³-hybridized carbons (Fsp3) is 0.450. The molecule has 1 aliphatic heterocycles. The number of rotatable bonds is 6. The van der Waals surface area contributed by atoms with Gasteiger partial charge in [-0.05, 0) is 31.9 Å². The molecule has 1 aliphatic rings. The lowest BCUT2D eigenvalue weighted by Crippen LogP contribution is -2.45. The first-order valence-electron chi connectivity index (χ1n) is 10.2. The van der Waals surface area contributed by atoms with Gasteiger partial charge in [0.05, 0.1) is 6.54 Å². The molecule has 4 rings (SSSR count). The number of halogens is 1. The van der Waals surface area contributed by atoms with Crippen molar-refractivity contribution in [1.29, 1.82) is 0 Å². The van der Waals surface area contributed by atoms with E-state index in [2.05, 4.69) is 42.5 Å². The molecule has 0 aliphatic carbocycles. The molecule has 0 amide bonds. The second kappa shape index (κ2) is 9.71. The molecule has 158 valence electrons. The number of hydrogen-bond acceptors (Lipinski definition) is 6. The van der Waals surface area contributed by atoms with Crippen molar-refractivity contribution in [1.82, 2.24) is 35.5 Å². The standard InChI is InChI=1S/C20H25ClN8O/c1-2-22-20(29-10-7-14(8-11-29)18-24-13-25-27-18)23-9-6-17-26-19(28-30-17)15-4-3-5-16(21)12-15/h3-5,12-14H,2,6-11H2,1H3,(H,22,23)(H,24,25,27). The van der Waals surface area contributed by atoms with Crippen molar-refractivity contribution >= 4 is 17.6 Å². The lowest BCUT2D eigenvalue weighted by molar-refractivity contribution is 0.298. The number of aromatic amines is 1. The van der Waals surface area contributed by atoms with Crippen LogP contribution in [-0.4, -0.2) is 62.4 Å². The number of H-pyrrole nitrogens is 1. The Balaban J connectivity index is 1.33. The highest BCUT2D eigenvalue weighted by Crippen LogP contribution is 2.25. The van der Waals surface area contributed by atoms with E-state index in [-0.39, 0.29) is 0 Å². The van der Waals surface area contributed by atoms with Gasteiger partial charge >= 0.3 is 0 Å². The van der Waals surface area contributed by atoms with E-state index in [0.29, 0.717) is 35.6 Å². The van der Waals surface area contributed by atoms with Gasteiger partial charge in [-0.1, -0.05) is 28.9 Å². The lowest BCUT2D eigenvalue weighted by Gasteiger charge is -2.33. The van der Waals surface area contributed by atoms with Gasteiger partial charge in [0.15, 0.2) is 5.96 Å². The van der Waals surface area contributed by atoms with Gasteiger partial charge in [0.25, 0.3) is 0 Å². The minimum absolute atomic E-state index is 0.426. The van der Waals surface area contributed by atoms with Crippen molar-refractivity contribution in [3.63, 3.8) is 0 Å². The van der Waals surface area contributed by atoms with E-state index in [1.165, 1.54) is 0 Å². The summed E-state index contributed by atoms with van der Waals surface area (Å²) in [5.74, 6) is 3.42. The van der Waals surface area contributed by atoms with E-state index in [1.807, 2.05) is 24.3 Å². The van der Waals surface area contributed by atoms with Gasteiger partial charge in [-0.2, -0.15) is 10.1 Å². The topological polar surface area (TPSA) is 108 Å². The maximum atomic E-state index is 6.04. The van der Waals surface area contributed by atoms with Crippen LogP contribution in [0.3, 0.4) is 0 Å². The molecule has 2 aromatic heterocycles. The van der Waals surface area contributed by atoms with Crippen LogP contribution in [0.2, 0.25) is 5.02 Å². The van der Waals surface area contributed by atoms with E-state index >= 15 is 0 Å². The van der Waals surface area contributed by atoms with E-state index in [1.54, 1.807) is 6.33 Å². The average molecular weight is 429 g/mol. The molecule has 1 saturated heterocycles. The van der Waals surface area contributed by atoms with Gasteiger partial charge in [0.2, 0.25) is 11.7 Å². The van der Waals surface area contributed by atoms with Crippen molar-refractivity contribution in [2.75, 3.05) is 26.2 Å². The quantitative estimate of drug-likeness (QED) is 0.459. The van der Waals surface area contributed by atoms with Gasteiger partial charge in [-0.25, -0.2) is 4.98 Å². The Morgan fingerprint density at radius 1 is 1.37 bits per heavy atom. The number of aromatic nitrogens is 5. The van der Waals surface area contributed by atoms with Crippen LogP contribution < -0.4 is 5.32 Å². The minimum atomic E-state index is 0.426. The van der Waals surface area contributed by atoms with Crippen LogP contribution >= 0.6 is 11.6 Å². The number of benzene rings is 1. The van der Waals surface area contributed by atoms with Crippen molar-refractivity contribution in [3.05, 3.63) is 47.3 Å². The summed E-state index contributed by atoms with van der Waals surface area (Å²) in [6.07, 6.45) is 4.19. The van der Waals surface area contributed by atoms with Crippen LogP contribution in [0, 0.1) is 0 Å². The van der Waals surface area contributed by atoms with Crippen LogP contribution in [0.25, 0.3) is 11.4 Å². The Labute approximate surface area is 179 Å². The maximum absolute atomic E-state index is 6.04. The number of hydrogen-bond donors (Lipinski definition) is 2. The Hall–Kier alpha value is -2.94. The smallest absolute Gasteiger partial charge is 0.228 e. The summed E-state index contributed by atoms with van der Waals surface area (Å²) in [6, 6.07) is 7.41. The predicted molar refractivity (Wildman–Crippen MR) is 114 cm³/mol. The van der Waals surface area contributed by atoms with Crippen LogP contribution in [-0.2, 0) is 6.42 Å². The third-order valence-electron chi connectivity index (χ3n) is 5.09. The zero-order valence-corrected chi connectivity index (χ0v) is 17.6. The molecule has 1 aromatic carbocycles. The maximum Gasteiger partial charge on any atom is 0.228 e. The molecule has 0 atom stereocenters. The molecule has 0 spiro atoms. The van der Waals surface area contributed by atoms with Crippen LogP contribution in [0.1, 0.15) is 37.4 Å². The lowest BCUT2D eigenvalue weighted by atomic mass is 9.96. The highest BCUT2D eigenvalue weighted by Gasteiger charge is 2.24. The molecule has 30 heavy (non-hydrogen) atoms. The first kappa shape index (κ1) is 20.3. The number of likely N-dealkylation sites (tertiary alicyclic amines) is 1. The summed E-state index contributed by atoms with van der Waals surface area (Å²) in [4.78, 5) is 15.8. The number of nitrogens with zero attached hydrogens (tertiary/aromatic N) is 6. The summed E-state index contributed by atoms with van der Waals surface area (Å²) in [5.41, 5.74) is 0.837. The molecular weight excluding hydrogens is 404 g/mol. The molecule has 0 saturated carbocycles. The van der Waals surface area contributed by atoms with E-state index in [4.69, 9.17) is 21.1 Å². The number of guanidine groups is 1. The van der Waals surface area contributed by atoms with Gasteiger partial charge < -0.3 is 14.7 Å². The highest BCUT2D eigenvalue weighted by atomic mass is 35.5. The van der Waals surface area contributed by atoms with Crippen LogP contribution in [0.15, 0.2) is 40.1 Å². The van der Waals surface area contributed by atoms with Crippen molar-refractivity contribution in [2.24, 2.45) is 4.99 Å². The highest BCUT2D eigenvalue weighted by molar-refractivity contribution is 6.30. The van der Waals surface area contributed by atoms with Gasteiger partial charge in [-0.15, -0.1) is 0 Å². The van der Waals surface area contributed by atoms with Crippen LogP contribution in [0.5, 0.6) is 0 Å². The van der Waals surface area contributed by atoms with Gasteiger partial charge in [-0.3, -0.25) is 10.1 Å². The van der Waals surface area contributed by atoms with Crippen molar-refractivity contribution in [2.45, 2.75) is 32.1 Å². The number of nitrogens with one attached hydrogen (secondary N) is 2. The van der Waals surface area contributed by atoms with Gasteiger partial charge in [0.1, 0.15) is 12.2 Å². The Morgan fingerprint density at radius 2 is 2.23 bits per heavy atom. The summed E-state index contributed by atoms with van der Waals surface area (Å²) in [5, 5.41) is 15.0. The molecule has 3 aromatic rings. The monoisotopic (exact) mass is 428 g/mol. The second-order valence-corrected chi connectivity index (χ2v) is 7.58. The fourth-order valence-corrected chi connectivity index (χ4v) is 3.75. The van der Waals surface area contributed by atoms with Crippen LogP contribution in [0.4, 0.5) is 0 Å². The molecule has 0 radical (unpaired) electrons. The third-order valence-corrected chi connectivity index (χ3v) is 5.32. The zero-order valence-electron chi connectivity index (χ0n) is 16.9. The first-order chi connectivity index (χ1) is 14.7. The predicted octanol–water partition coefficient (Wildman–Crippen LogP) is 2.90. The minimum Gasteiger partial charge on any atom is -0.357 e.